The Morgan fingerprint density at radius 3 is 2.00 bits per heavy atom. The highest BCUT2D eigenvalue weighted by Gasteiger charge is 2.39. The van der Waals surface area contributed by atoms with Crippen LogP contribution in [0.5, 0.6) is 0 Å². The number of thiazole rings is 1. The van der Waals surface area contributed by atoms with E-state index in [1.807, 2.05) is 41.5 Å². The molecule has 5 atom stereocenters. The number of hydrogen-bond donors (Lipinski definition) is 1. The Balaban J connectivity index is 3.33. The fourth-order valence-corrected chi connectivity index (χ4v) is 5.92. The van der Waals surface area contributed by atoms with Crippen LogP contribution in [-0.2, 0) is 23.9 Å². The van der Waals surface area contributed by atoms with E-state index < -0.39 is 47.7 Å². The second-order valence-electron chi connectivity index (χ2n) is 12.9. The molecule has 11 nitrogen and oxygen atoms in total. The number of carbonyl (C=O) groups is 5. The van der Waals surface area contributed by atoms with Crippen molar-refractivity contribution in [3.63, 3.8) is 0 Å². The number of amides is 2. The fraction of sp³-hybridized carbons (Fsp3) is 0.742. The average Bonchev–Trinajstić information content (AvgIpc) is 3.37. The maximum Gasteiger partial charge on any atom is 0.410 e. The van der Waals surface area contributed by atoms with Crippen LogP contribution in [0.3, 0.4) is 0 Å². The van der Waals surface area contributed by atoms with E-state index in [1.165, 1.54) is 17.2 Å². The molecule has 0 saturated carbocycles. The number of nitrogens with zero attached hydrogens (tertiary/aromatic N) is 3. The first-order chi connectivity index (χ1) is 19.7. The van der Waals surface area contributed by atoms with Crippen molar-refractivity contribution >= 4 is 41.1 Å². The van der Waals surface area contributed by atoms with Gasteiger partial charge in [-0.1, -0.05) is 48.0 Å². The molecule has 0 saturated heterocycles. The zero-order chi connectivity index (χ0) is 33.4. The van der Waals surface area contributed by atoms with Crippen LogP contribution in [0, 0.1) is 23.7 Å². The monoisotopic (exact) mass is 625 g/mol. The number of aromatic carboxylic acids is 1. The summed E-state index contributed by atoms with van der Waals surface area (Å²) in [5.41, 5.74) is -0.869. The van der Waals surface area contributed by atoms with E-state index in [2.05, 4.69) is 4.98 Å². The largest absolute Gasteiger partial charge is 0.476 e. The summed E-state index contributed by atoms with van der Waals surface area (Å²) in [6.07, 6.45) is -0.655. The second kappa shape index (κ2) is 16.2. The van der Waals surface area contributed by atoms with Gasteiger partial charge in [0.2, 0.25) is 5.91 Å². The summed E-state index contributed by atoms with van der Waals surface area (Å²) in [6.45, 7) is 18.0. The van der Waals surface area contributed by atoms with Crippen molar-refractivity contribution < 1.29 is 38.6 Å². The number of aromatic nitrogens is 1. The fourth-order valence-electron chi connectivity index (χ4n) is 5.09. The van der Waals surface area contributed by atoms with Gasteiger partial charge in [0.15, 0.2) is 17.6 Å². The molecule has 1 N–H and O–H groups in total. The Kier molecular flexibility index (Phi) is 14.3. The summed E-state index contributed by atoms with van der Waals surface area (Å²) in [5.74, 6) is -3.25. The molecule has 1 aromatic heterocycles. The third-order valence-electron chi connectivity index (χ3n) is 7.52. The number of carbonyl (C=O) groups excluding carboxylic acids is 4. The lowest BCUT2D eigenvalue weighted by molar-refractivity contribution is -0.149. The van der Waals surface area contributed by atoms with Crippen molar-refractivity contribution in [2.24, 2.45) is 23.7 Å². The van der Waals surface area contributed by atoms with Crippen molar-refractivity contribution in [2.75, 3.05) is 14.1 Å². The lowest BCUT2D eigenvalue weighted by Gasteiger charge is -2.37. The van der Waals surface area contributed by atoms with Crippen molar-refractivity contribution in [1.29, 1.82) is 0 Å². The summed E-state index contributed by atoms with van der Waals surface area (Å²) in [7, 11) is 3.22. The van der Waals surface area contributed by atoms with Gasteiger partial charge in [-0.25, -0.2) is 14.6 Å². The second-order valence-corrected chi connectivity index (χ2v) is 13.8. The molecule has 1 heterocycles. The quantitative estimate of drug-likeness (QED) is 0.238. The smallest absolute Gasteiger partial charge is 0.410 e. The summed E-state index contributed by atoms with van der Waals surface area (Å²) < 4.78 is 11.0. The third kappa shape index (κ3) is 11.2. The Bertz CT molecular complexity index is 1130. The topological polar surface area (TPSA) is 143 Å². The van der Waals surface area contributed by atoms with Gasteiger partial charge in [0.25, 0.3) is 0 Å². The predicted molar refractivity (Wildman–Crippen MR) is 165 cm³/mol. The number of carboxylic acids is 1. The van der Waals surface area contributed by atoms with Crippen molar-refractivity contribution in [1.82, 2.24) is 14.8 Å². The molecule has 0 radical (unpaired) electrons. The normalized spacial score (nSPS) is 15.3. The van der Waals surface area contributed by atoms with Gasteiger partial charge < -0.3 is 24.4 Å². The van der Waals surface area contributed by atoms with Gasteiger partial charge in [-0.3, -0.25) is 14.4 Å². The molecule has 43 heavy (non-hydrogen) atoms. The van der Waals surface area contributed by atoms with E-state index in [1.54, 1.807) is 39.8 Å². The third-order valence-corrected chi connectivity index (χ3v) is 8.46. The molecule has 0 spiro atoms. The van der Waals surface area contributed by atoms with Crippen LogP contribution >= 0.6 is 11.3 Å². The molecular weight excluding hydrogens is 574 g/mol. The first kappa shape index (κ1) is 38.0. The molecule has 0 aliphatic rings. The number of carboxylic acid groups (broad SMARTS) is 1. The molecule has 0 unspecified atom stereocenters. The van der Waals surface area contributed by atoms with E-state index >= 15 is 0 Å². The Labute approximate surface area is 260 Å². The molecule has 0 bridgehead atoms. The van der Waals surface area contributed by atoms with E-state index in [0.717, 1.165) is 11.3 Å². The average molecular weight is 626 g/mol. The van der Waals surface area contributed by atoms with E-state index in [4.69, 9.17) is 9.47 Å². The summed E-state index contributed by atoms with van der Waals surface area (Å²) >= 11 is 1.08. The van der Waals surface area contributed by atoms with Gasteiger partial charge in [-0.15, -0.1) is 11.3 Å². The number of ketones is 1. The summed E-state index contributed by atoms with van der Waals surface area (Å²) in [6, 6.07) is -1.19. The van der Waals surface area contributed by atoms with Crippen LogP contribution in [0.1, 0.15) is 110 Å². The Morgan fingerprint density at radius 1 is 1.00 bits per heavy atom. The molecule has 1 rings (SSSR count). The van der Waals surface area contributed by atoms with Crippen molar-refractivity contribution in [3.8, 4) is 0 Å². The highest BCUT2D eigenvalue weighted by molar-refractivity contribution is 7.09. The van der Waals surface area contributed by atoms with Gasteiger partial charge in [-0.2, -0.15) is 0 Å². The van der Waals surface area contributed by atoms with Crippen molar-refractivity contribution in [3.05, 3.63) is 16.1 Å². The minimum Gasteiger partial charge on any atom is -0.476 e. The lowest BCUT2D eigenvalue weighted by atomic mass is 9.82. The van der Waals surface area contributed by atoms with Crippen molar-refractivity contribution in [2.45, 2.75) is 112 Å². The van der Waals surface area contributed by atoms with E-state index in [9.17, 15) is 29.1 Å². The van der Waals surface area contributed by atoms with Gasteiger partial charge in [0.1, 0.15) is 10.6 Å². The molecule has 244 valence electrons. The molecule has 0 aliphatic heterocycles. The standard InChI is InChI=1S/C31H51N3O8S/c1-13-19(6)21(14-24(36)26(18(4)5)34(12)30(40)42-31(8,9)10)28(37)33(11)23(17(2)3)15-25(41-20(7)35)27-32-22(16-43-27)29(38)39/h16-19,21,23,25-26H,13-15H2,1-12H3,(H,38,39)/t19-,21-,23+,25+,26-/m0/s1. The molecule has 1 aromatic rings. The van der Waals surface area contributed by atoms with Gasteiger partial charge in [0.05, 0.1) is 6.04 Å². The minimum absolute atomic E-state index is 0.0548. The molecule has 12 heteroatoms. The van der Waals surface area contributed by atoms with Crippen LogP contribution in [-0.4, -0.2) is 81.4 Å². The Hall–Kier alpha value is -3.02. The highest BCUT2D eigenvalue weighted by Crippen LogP contribution is 2.32. The van der Waals surface area contributed by atoms with Gasteiger partial charge in [-0.05, 0) is 38.5 Å². The van der Waals surface area contributed by atoms with Gasteiger partial charge >= 0.3 is 18.0 Å². The van der Waals surface area contributed by atoms with Crippen LogP contribution in [0.15, 0.2) is 5.38 Å². The Morgan fingerprint density at radius 2 is 1.58 bits per heavy atom. The first-order valence-electron chi connectivity index (χ1n) is 14.8. The maximum atomic E-state index is 14.1. The molecule has 0 aliphatic carbocycles. The molecule has 0 aromatic carbocycles. The first-order valence-corrected chi connectivity index (χ1v) is 15.7. The lowest BCUT2D eigenvalue weighted by Crippen LogP contribution is -2.50. The zero-order valence-electron chi connectivity index (χ0n) is 27.8. The number of ether oxygens (including phenoxy) is 2. The molecule has 2 amide bonds. The van der Waals surface area contributed by atoms with E-state index in [-0.39, 0.29) is 48.0 Å². The maximum absolute atomic E-state index is 14.1. The molecule has 0 fully saturated rings. The SMILES string of the molecule is CC[C@H](C)[C@H](CC(=O)[C@H](C(C)C)N(C)C(=O)OC(C)(C)C)C(=O)N(C)[C@H](C[C@@H](OC(C)=O)c1nc(C(=O)O)cs1)C(C)C. The van der Waals surface area contributed by atoms with Crippen LogP contribution < -0.4 is 0 Å². The number of esters is 1. The van der Waals surface area contributed by atoms with Gasteiger partial charge in [0, 0.05) is 51.2 Å². The number of hydrogen-bond acceptors (Lipinski definition) is 9. The summed E-state index contributed by atoms with van der Waals surface area (Å²) in [5, 5.41) is 11.0. The zero-order valence-corrected chi connectivity index (χ0v) is 28.6. The number of likely N-dealkylation sites (N-methyl/N-ethyl adjacent to an activating group) is 1. The molecular formula is C31H51N3O8S. The highest BCUT2D eigenvalue weighted by atomic mass is 32.1. The minimum atomic E-state index is -1.19. The predicted octanol–water partition coefficient (Wildman–Crippen LogP) is 5.83. The number of Topliss-reactive ketones (excluding diaryl/α,β-unsaturated/α-hetero) is 1. The summed E-state index contributed by atoms with van der Waals surface area (Å²) in [4.78, 5) is 71.1. The van der Waals surface area contributed by atoms with Crippen LogP contribution in [0.4, 0.5) is 4.79 Å². The number of rotatable bonds is 15. The van der Waals surface area contributed by atoms with Crippen LogP contribution in [0.2, 0.25) is 0 Å². The van der Waals surface area contributed by atoms with Crippen LogP contribution in [0.25, 0.3) is 0 Å². The van der Waals surface area contributed by atoms with E-state index in [0.29, 0.717) is 11.4 Å².